The predicted molar refractivity (Wildman–Crippen MR) is 58.4 cm³/mol. The Bertz CT molecular complexity index is 64.4. The number of ketones is 1. The zero-order chi connectivity index (χ0) is 11.7. The highest BCUT2D eigenvalue weighted by atomic mass is 35.5. The molecule has 0 bridgehead atoms. The van der Waals surface area contributed by atoms with Crippen molar-refractivity contribution in [3.8, 4) is 0 Å². The van der Waals surface area contributed by atoms with Crippen molar-refractivity contribution in [3.05, 3.63) is 0 Å². The van der Waals surface area contributed by atoms with Crippen LogP contribution in [0.4, 0.5) is 0 Å². The second-order valence-electron chi connectivity index (χ2n) is 1.73. The minimum atomic E-state index is 0.167. The number of aliphatic hydroxyl groups is 2. The summed E-state index contributed by atoms with van der Waals surface area (Å²) in [5, 5.41) is 15.1. The van der Waals surface area contributed by atoms with Crippen LogP contribution < -0.4 is 0 Å². The van der Waals surface area contributed by atoms with E-state index in [0.29, 0.717) is 6.61 Å². The summed E-state index contributed by atoms with van der Waals surface area (Å²) in [6.07, 6.45) is 0.875. The van der Waals surface area contributed by atoms with E-state index in [9.17, 15) is 4.79 Å². The van der Waals surface area contributed by atoms with Crippen molar-refractivity contribution in [2.45, 2.75) is 27.2 Å². The first-order valence-electron chi connectivity index (χ1n) is 3.71. The number of hydrogen-bond donors (Lipinski definition) is 2. The van der Waals surface area contributed by atoms with E-state index in [1.807, 2.05) is 6.92 Å². The van der Waals surface area contributed by atoms with Gasteiger partial charge in [-0.25, -0.2) is 0 Å². The fourth-order valence-corrected chi connectivity index (χ4v) is 0. The van der Waals surface area contributed by atoms with Crippen LogP contribution in [-0.4, -0.2) is 35.1 Å². The molecular weight excluding hydrogens is 215 g/mol. The largest absolute Gasteiger partial charge is 0.400 e. The molecule has 0 fully saturated rings. The second-order valence-corrected chi connectivity index (χ2v) is 2.54. The van der Waals surface area contributed by atoms with Crippen LogP contribution in [0.2, 0.25) is 0 Å². The summed E-state index contributed by atoms with van der Waals surface area (Å²) >= 11 is 9.53. The molecule has 0 aliphatic rings. The minimum absolute atomic E-state index is 0.167. The fraction of sp³-hybridized carbons (Fsp3) is 0.875. The Morgan fingerprint density at radius 2 is 1.31 bits per heavy atom. The molecule has 0 aliphatic carbocycles. The quantitative estimate of drug-likeness (QED) is 0.683. The van der Waals surface area contributed by atoms with Crippen LogP contribution in [0.5, 0.6) is 0 Å². The van der Waals surface area contributed by atoms with E-state index in [2.05, 4.69) is 0 Å². The topological polar surface area (TPSA) is 57.5 Å². The number of alkyl halides is 2. The van der Waals surface area contributed by atoms with Gasteiger partial charge in [0.1, 0.15) is 5.78 Å². The molecule has 0 aliphatic heterocycles. The van der Waals surface area contributed by atoms with Crippen molar-refractivity contribution >= 4 is 29.0 Å². The molecule has 0 aromatic heterocycles. The normalized spacial score (nSPS) is 6.15. The average Bonchev–Trinajstić information content (AvgIpc) is 2.08. The molecule has 0 aromatic carbocycles. The molecule has 13 heavy (non-hydrogen) atoms. The number of Topliss-reactive ketones (excluding diaryl/α,β-unsaturated/α-hetero) is 1. The maximum Gasteiger partial charge on any atom is 0.126 e. The summed E-state index contributed by atoms with van der Waals surface area (Å²) in [7, 11) is 1.00. The van der Waals surface area contributed by atoms with Crippen molar-refractivity contribution in [1.82, 2.24) is 0 Å². The molecule has 84 valence electrons. The molecule has 0 rings (SSSR count). The number of carbonyl (C=O) groups excluding carboxylic acids is 1. The van der Waals surface area contributed by atoms with Crippen molar-refractivity contribution in [1.29, 1.82) is 0 Å². The van der Waals surface area contributed by atoms with E-state index in [1.165, 1.54) is 13.8 Å². The monoisotopic (exact) mass is 234 g/mol. The summed E-state index contributed by atoms with van der Waals surface area (Å²) in [6.45, 7) is 5.31. The molecule has 0 atom stereocenters. The Kier molecular flexibility index (Phi) is 71.2. The van der Waals surface area contributed by atoms with E-state index in [-0.39, 0.29) is 11.1 Å². The smallest absolute Gasteiger partial charge is 0.126 e. The molecule has 0 saturated heterocycles. The van der Waals surface area contributed by atoms with E-state index in [4.69, 9.17) is 33.4 Å². The molecule has 0 aromatic rings. The number of halogens is 2. The third kappa shape index (κ3) is 920. The van der Waals surface area contributed by atoms with Gasteiger partial charge in [0.2, 0.25) is 0 Å². The molecule has 0 radical (unpaired) electrons. The van der Waals surface area contributed by atoms with Crippen molar-refractivity contribution < 1.29 is 15.0 Å². The fourth-order valence-electron chi connectivity index (χ4n) is 0. The van der Waals surface area contributed by atoms with Gasteiger partial charge in [0, 0.05) is 13.7 Å². The molecule has 0 unspecified atom stereocenters. The Balaban J connectivity index is -0.0000000431. The first-order valence-corrected chi connectivity index (χ1v) is 4.78. The Morgan fingerprint density at radius 1 is 1.23 bits per heavy atom. The van der Waals surface area contributed by atoms with E-state index >= 15 is 0 Å². The van der Waals surface area contributed by atoms with Crippen LogP contribution in [0, 0.1) is 0 Å². The van der Waals surface area contributed by atoms with Gasteiger partial charge in [-0.05, 0) is 20.3 Å². The molecule has 5 heteroatoms. The van der Waals surface area contributed by atoms with Gasteiger partial charge in [0.15, 0.2) is 0 Å². The summed E-state index contributed by atoms with van der Waals surface area (Å²) in [4.78, 5) is 9.44. The predicted octanol–water partition coefficient (Wildman–Crippen LogP) is 2.01. The molecule has 2 N–H and O–H groups in total. The van der Waals surface area contributed by atoms with Crippen LogP contribution in [-0.2, 0) is 4.79 Å². The van der Waals surface area contributed by atoms with Crippen LogP contribution >= 0.6 is 23.2 Å². The van der Waals surface area contributed by atoms with Crippen molar-refractivity contribution in [3.63, 3.8) is 0 Å². The van der Waals surface area contributed by atoms with E-state index < -0.39 is 0 Å². The maximum atomic E-state index is 9.44. The summed E-state index contributed by atoms with van der Waals surface area (Å²) in [5.74, 6) is 0.167. The number of rotatable bonds is 1. The first-order chi connectivity index (χ1) is 6.06. The lowest BCUT2D eigenvalue weighted by Gasteiger charge is -1.69. The zero-order valence-corrected chi connectivity index (χ0v) is 10.2. The van der Waals surface area contributed by atoms with E-state index in [1.54, 1.807) is 0 Å². The van der Waals surface area contributed by atoms with Crippen LogP contribution in [0.1, 0.15) is 27.2 Å². The molecule has 0 saturated carbocycles. The standard InChI is InChI=1S/C3H6O.C3H8O.CH2Cl2.CH4O/c1-3(2)4;1-2-3-4;2-1-3;1-2/h1-2H3;4H,2-3H2,1H3;1H2;2H,1H3. The second kappa shape index (κ2) is 39.9. The van der Waals surface area contributed by atoms with Gasteiger partial charge >= 0.3 is 0 Å². The number of aliphatic hydroxyl groups excluding tert-OH is 2. The lowest BCUT2D eigenvalue weighted by atomic mass is 10.5. The lowest BCUT2D eigenvalue weighted by Crippen LogP contribution is -1.69. The summed E-state index contributed by atoms with van der Waals surface area (Å²) < 4.78 is 0. The van der Waals surface area contributed by atoms with Gasteiger partial charge in [-0.15, -0.1) is 23.2 Å². The minimum Gasteiger partial charge on any atom is -0.400 e. The zero-order valence-electron chi connectivity index (χ0n) is 8.68. The van der Waals surface area contributed by atoms with E-state index in [0.717, 1.165) is 13.5 Å². The molecule has 0 heterocycles. The highest BCUT2D eigenvalue weighted by Crippen LogP contribution is 1.73. The molecule has 0 amide bonds. The first kappa shape index (κ1) is 23.2. The van der Waals surface area contributed by atoms with Crippen LogP contribution in [0.3, 0.4) is 0 Å². The third-order valence-electron chi connectivity index (χ3n) is 0.224. The van der Waals surface area contributed by atoms with Crippen molar-refractivity contribution in [2.75, 3.05) is 19.1 Å². The van der Waals surface area contributed by atoms with Gasteiger partial charge < -0.3 is 15.0 Å². The lowest BCUT2D eigenvalue weighted by molar-refractivity contribution is -0.114. The van der Waals surface area contributed by atoms with Gasteiger partial charge in [-0.3, -0.25) is 0 Å². The highest BCUT2D eigenvalue weighted by molar-refractivity contribution is 6.40. The van der Waals surface area contributed by atoms with Crippen LogP contribution in [0.15, 0.2) is 0 Å². The van der Waals surface area contributed by atoms with Crippen LogP contribution in [0.25, 0.3) is 0 Å². The summed E-state index contributed by atoms with van der Waals surface area (Å²) in [5.41, 5.74) is 0. The molecule has 0 spiro atoms. The van der Waals surface area contributed by atoms with Gasteiger partial charge in [-0.2, -0.15) is 0 Å². The molecule has 3 nitrogen and oxygen atoms in total. The Morgan fingerprint density at radius 3 is 1.31 bits per heavy atom. The number of hydrogen-bond acceptors (Lipinski definition) is 3. The Labute approximate surface area is 90.7 Å². The SMILES string of the molecule is CC(C)=O.CCCO.CO.ClCCl. The van der Waals surface area contributed by atoms with Gasteiger partial charge in [0.05, 0.1) is 5.34 Å². The third-order valence-corrected chi connectivity index (χ3v) is 0.224. The Hall–Kier alpha value is 0.170. The summed E-state index contributed by atoms with van der Waals surface area (Å²) in [6, 6.07) is 0. The van der Waals surface area contributed by atoms with Gasteiger partial charge in [0.25, 0.3) is 0 Å². The maximum absolute atomic E-state index is 9.44. The van der Waals surface area contributed by atoms with Crippen molar-refractivity contribution in [2.24, 2.45) is 0 Å². The van der Waals surface area contributed by atoms with Gasteiger partial charge in [-0.1, -0.05) is 6.92 Å². The highest BCUT2D eigenvalue weighted by Gasteiger charge is 1.62. The molecular formula is C8H20Cl2O3. The number of carbonyl (C=O) groups is 1. The average molecular weight is 235 g/mol.